The van der Waals surface area contributed by atoms with Crippen LogP contribution in [-0.4, -0.2) is 56.5 Å². The third kappa shape index (κ3) is 3.88. The number of hydrogen-bond acceptors (Lipinski definition) is 7. The lowest BCUT2D eigenvalue weighted by molar-refractivity contribution is -0.117. The van der Waals surface area contributed by atoms with Crippen LogP contribution in [0.5, 0.6) is 5.75 Å². The smallest absolute Gasteiger partial charge is 0.261 e. The number of aromatic nitrogens is 4. The number of nitrogens with one attached hydrogen (secondary N) is 1. The van der Waals surface area contributed by atoms with Crippen LogP contribution >= 0.6 is 0 Å². The molecule has 1 aliphatic heterocycles. The van der Waals surface area contributed by atoms with Crippen molar-refractivity contribution < 1.29 is 19.1 Å². The van der Waals surface area contributed by atoms with Crippen LogP contribution in [-0.2, 0) is 17.8 Å². The Morgan fingerprint density at radius 2 is 1.80 bits per heavy atom. The first-order valence-corrected chi connectivity index (χ1v) is 9.21. The molecule has 0 unspecified atom stereocenters. The van der Waals surface area contributed by atoms with Crippen molar-refractivity contribution in [3.63, 3.8) is 0 Å². The van der Waals surface area contributed by atoms with E-state index in [-0.39, 0.29) is 37.2 Å². The van der Waals surface area contributed by atoms with Crippen LogP contribution in [0.2, 0.25) is 0 Å². The number of carbonyl (C=O) groups is 3. The number of hydrogen-bond donors (Lipinski definition) is 1. The Bertz CT molecular complexity index is 1090. The lowest BCUT2D eigenvalue weighted by atomic mass is 10.1. The van der Waals surface area contributed by atoms with Crippen molar-refractivity contribution in [2.75, 3.05) is 19.0 Å². The first kappa shape index (κ1) is 19.2. The fourth-order valence-electron chi connectivity index (χ4n) is 3.13. The van der Waals surface area contributed by atoms with Crippen molar-refractivity contribution in [1.82, 2.24) is 25.1 Å². The minimum Gasteiger partial charge on any atom is -0.497 e. The van der Waals surface area contributed by atoms with Gasteiger partial charge in [0.05, 0.1) is 18.2 Å². The van der Waals surface area contributed by atoms with Gasteiger partial charge < -0.3 is 10.1 Å². The maximum absolute atomic E-state index is 12.4. The third-order valence-corrected chi connectivity index (χ3v) is 4.57. The molecule has 0 saturated heterocycles. The number of nitrogens with zero attached hydrogens (tertiary/aromatic N) is 5. The summed E-state index contributed by atoms with van der Waals surface area (Å²) in [7, 11) is 1.55. The molecule has 30 heavy (non-hydrogen) atoms. The zero-order chi connectivity index (χ0) is 21.1. The van der Waals surface area contributed by atoms with Gasteiger partial charge in [-0.15, -0.1) is 10.2 Å². The molecule has 0 spiro atoms. The number of carbonyl (C=O) groups excluding carboxylic acids is 3. The summed E-state index contributed by atoms with van der Waals surface area (Å²) in [6, 6.07) is 13.7. The molecule has 1 aromatic heterocycles. The number of tetrazole rings is 1. The number of fused-ring (bicyclic) bond motifs is 1. The van der Waals surface area contributed by atoms with E-state index < -0.39 is 0 Å². The van der Waals surface area contributed by atoms with Crippen LogP contribution in [0.15, 0.2) is 48.5 Å². The molecule has 152 valence electrons. The quantitative estimate of drug-likeness (QED) is 0.585. The normalized spacial score (nSPS) is 12.8. The molecule has 0 fully saturated rings. The Kier molecular flexibility index (Phi) is 5.21. The Hall–Kier alpha value is -4.08. The molecule has 2 aromatic carbocycles. The molecule has 10 heteroatoms. The van der Waals surface area contributed by atoms with E-state index >= 15 is 0 Å². The predicted octanol–water partition coefficient (Wildman–Crippen LogP) is 1.16. The van der Waals surface area contributed by atoms with Crippen molar-refractivity contribution in [3.8, 4) is 5.75 Å². The van der Waals surface area contributed by atoms with Gasteiger partial charge in [-0.1, -0.05) is 18.2 Å². The minimum absolute atomic E-state index is 0.128. The van der Waals surface area contributed by atoms with E-state index in [9.17, 15) is 14.4 Å². The van der Waals surface area contributed by atoms with Crippen LogP contribution in [0, 0.1) is 0 Å². The molecular weight excluding hydrogens is 388 g/mol. The summed E-state index contributed by atoms with van der Waals surface area (Å²) in [5, 5.41) is 14.6. The molecule has 3 amide bonds. The summed E-state index contributed by atoms with van der Waals surface area (Å²) in [6.45, 7) is 0.00523. The van der Waals surface area contributed by atoms with E-state index in [0.29, 0.717) is 28.4 Å². The van der Waals surface area contributed by atoms with Gasteiger partial charge in [-0.3, -0.25) is 19.3 Å². The number of rotatable bonds is 7. The van der Waals surface area contributed by atoms with E-state index in [1.807, 2.05) is 0 Å². The molecular formula is C20H18N6O4. The fraction of sp³-hybridized carbons (Fsp3) is 0.200. The van der Waals surface area contributed by atoms with Crippen LogP contribution in [0.1, 0.15) is 26.5 Å². The second kappa shape index (κ2) is 8.11. The monoisotopic (exact) mass is 406 g/mol. The highest BCUT2D eigenvalue weighted by Crippen LogP contribution is 2.22. The standard InChI is InChI=1S/C20H18N6O4/c1-30-14-6-4-5-13(11-14)21-18(27)12-26-23-17(22-24-26)9-10-25-19(28)15-7-2-3-8-16(15)20(25)29/h2-8,11H,9-10,12H2,1H3,(H,21,27). The number of methoxy groups -OCH3 is 1. The van der Waals surface area contributed by atoms with E-state index in [1.165, 1.54) is 4.90 Å². The molecule has 0 bridgehead atoms. The summed E-state index contributed by atoms with van der Waals surface area (Å²) >= 11 is 0. The summed E-state index contributed by atoms with van der Waals surface area (Å²) in [5.74, 6) is -0.0308. The van der Waals surface area contributed by atoms with Crippen LogP contribution in [0.4, 0.5) is 5.69 Å². The van der Waals surface area contributed by atoms with Crippen LogP contribution < -0.4 is 10.1 Å². The highest BCUT2D eigenvalue weighted by atomic mass is 16.5. The van der Waals surface area contributed by atoms with Gasteiger partial charge in [-0.05, 0) is 29.5 Å². The topological polar surface area (TPSA) is 119 Å². The Morgan fingerprint density at radius 3 is 2.50 bits per heavy atom. The summed E-state index contributed by atoms with van der Waals surface area (Å²) in [5.41, 5.74) is 1.38. The van der Waals surface area contributed by atoms with Gasteiger partial charge in [-0.2, -0.15) is 4.80 Å². The van der Waals surface area contributed by atoms with Gasteiger partial charge in [0.1, 0.15) is 12.3 Å². The van der Waals surface area contributed by atoms with Gasteiger partial charge in [0, 0.05) is 24.7 Å². The van der Waals surface area contributed by atoms with Gasteiger partial charge in [-0.25, -0.2) is 0 Å². The van der Waals surface area contributed by atoms with Crippen LogP contribution in [0.25, 0.3) is 0 Å². The Labute approximate surface area is 171 Å². The average molecular weight is 406 g/mol. The molecule has 1 N–H and O–H groups in total. The zero-order valence-electron chi connectivity index (χ0n) is 16.1. The van der Waals surface area contributed by atoms with Gasteiger partial charge in [0.25, 0.3) is 11.8 Å². The summed E-state index contributed by atoms with van der Waals surface area (Å²) in [4.78, 5) is 39.3. The SMILES string of the molecule is COc1cccc(NC(=O)Cn2nnc(CCN3C(=O)c4ccccc4C3=O)n2)c1. The highest BCUT2D eigenvalue weighted by molar-refractivity contribution is 6.21. The molecule has 2 heterocycles. The Morgan fingerprint density at radius 1 is 1.07 bits per heavy atom. The van der Waals surface area contributed by atoms with E-state index in [4.69, 9.17) is 4.74 Å². The number of amides is 3. The molecule has 0 saturated carbocycles. The van der Waals surface area contributed by atoms with E-state index in [0.717, 1.165) is 4.80 Å². The molecule has 0 aliphatic carbocycles. The summed E-state index contributed by atoms with van der Waals surface area (Å²) in [6.07, 6.45) is 0.239. The first-order valence-electron chi connectivity index (χ1n) is 9.21. The molecule has 10 nitrogen and oxygen atoms in total. The van der Waals surface area contributed by atoms with Crippen molar-refractivity contribution in [3.05, 3.63) is 65.5 Å². The predicted molar refractivity (Wildman–Crippen MR) is 105 cm³/mol. The maximum Gasteiger partial charge on any atom is 0.261 e. The average Bonchev–Trinajstić information content (AvgIpc) is 3.29. The minimum atomic E-state index is -0.333. The Balaban J connectivity index is 1.33. The van der Waals surface area contributed by atoms with Gasteiger partial charge in [0.2, 0.25) is 5.91 Å². The summed E-state index contributed by atoms with van der Waals surface area (Å²) < 4.78 is 5.12. The maximum atomic E-state index is 12.4. The molecule has 4 rings (SSSR count). The number of anilines is 1. The number of imide groups is 1. The zero-order valence-corrected chi connectivity index (χ0v) is 16.1. The van der Waals surface area contributed by atoms with Gasteiger partial charge >= 0.3 is 0 Å². The first-order chi connectivity index (χ1) is 14.5. The van der Waals surface area contributed by atoms with Gasteiger partial charge in [0.15, 0.2) is 5.82 Å². The second-order valence-electron chi connectivity index (χ2n) is 6.57. The lowest BCUT2D eigenvalue weighted by Gasteiger charge is -2.11. The molecule has 3 aromatic rings. The number of ether oxygens (including phenoxy) is 1. The third-order valence-electron chi connectivity index (χ3n) is 4.57. The number of benzene rings is 2. The molecule has 1 aliphatic rings. The van der Waals surface area contributed by atoms with Crippen molar-refractivity contribution in [2.24, 2.45) is 0 Å². The van der Waals surface area contributed by atoms with Crippen molar-refractivity contribution in [1.29, 1.82) is 0 Å². The second-order valence-corrected chi connectivity index (χ2v) is 6.57. The lowest BCUT2D eigenvalue weighted by Crippen LogP contribution is -2.32. The van der Waals surface area contributed by atoms with Crippen molar-refractivity contribution >= 4 is 23.4 Å². The molecule has 0 atom stereocenters. The van der Waals surface area contributed by atoms with E-state index in [2.05, 4.69) is 20.7 Å². The van der Waals surface area contributed by atoms with E-state index in [1.54, 1.807) is 55.6 Å². The largest absolute Gasteiger partial charge is 0.497 e. The van der Waals surface area contributed by atoms with Crippen molar-refractivity contribution in [2.45, 2.75) is 13.0 Å². The fourth-order valence-corrected chi connectivity index (χ4v) is 3.13. The highest BCUT2D eigenvalue weighted by Gasteiger charge is 2.34. The van der Waals surface area contributed by atoms with Crippen LogP contribution in [0.3, 0.4) is 0 Å². The molecule has 0 radical (unpaired) electrons.